The SMILES string of the molecule is CCCC[CH2][Sn]([CH2]CCCC)([CH2]CCCC)[c]1ccccc1. The van der Waals surface area contributed by atoms with Crippen molar-refractivity contribution in [1.82, 2.24) is 0 Å². The molecule has 0 heterocycles. The van der Waals surface area contributed by atoms with Crippen molar-refractivity contribution < 1.29 is 0 Å². The van der Waals surface area contributed by atoms with Crippen LogP contribution in [-0.2, 0) is 0 Å². The summed E-state index contributed by atoms with van der Waals surface area (Å²) in [6, 6.07) is 11.8. The molecule has 1 rings (SSSR count). The summed E-state index contributed by atoms with van der Waals surface area (Å²) in [4.78, 5) is 0. The van der Waals surface area contributed by atoms with Crippen LogP contribution in [0.3, 0.4) is 0 Å². The van der Waals surface area contributed by atoms with Gasteiger partial charge in [0.15, 0.2) is 0 Å². The molecule has 0 bridgehead atoms. The molecule has 0 nitrogen and oxygen atoms in total. The third-order valence-electron chi connectivity index (χ3n) is 5.16. The molecule has 22 heavy (non-hydrogen) atoms. The molecule has 0 aromatic heterocycles. The van der Waals surface area contributed by atoms with Crippen molar-refractivity contribution in [3.05, 3.63) is 30.3 Å². The van der Waals surface area contributed by atoms with Crippen LogP contribution in [0.2, 0.25) is 13.3 Å². The van der Waals surface area contributed by atoms with Crippen molar-refractivity contribution in [2.75, 3.05) is 0 Å². The Morgan fingerprint density at radius 1 is 0.591 bits per heavy atom. The third kappa shape index (κ3) is 7.06. The second-order valence-electron chi connectivity index (χ2n) is 7.02. The maximum absolute atomic E-state index is 2.49. The number of benzene rings is 1. The molecular formula is C21H38Sn. The van der Waals surface area contributed by atoms with E-state index >= 15 is 0 Å². The van der Waals surface area contributed by atoms with Gasteiger partial charge in [0, 0.05) is 0 Å². The molecule has 0 amide bonds. The van der Waals surface area contributed by atoms with Crippen LogP contribution in [0.4, 0.5) is 0 Å². The van der Waals surface area contributed by atoms with Crippen molar-refractivity contribution >= 4 is 22.0 Å². The summed E-state index contributed by atoms with van der Waals surface area (Å²) < 4.78 is 6.61. The summed E-state index contributed by atoms with van der Waals surface area (Å²) in [5, 5.41) is 0. The first-order chi connectivity index (χ1) is 10.8. The van der Waals surface area contributed by atoms with Crippen molar-refractivity contribution in [3.8, 4) is 0 Å². The molecule has 0 aliphatic rings. The van der Waals surface area contributed by atoms with E-state index < -0.39 is 18.4 Å². The maximum atomic E-state index is 2.49. The molecular weight excluding hydrogens is 371 g/mol. The van der Waals surface area contributed by atoms with Crippen LogP contribution < -0.4 is 3.58 Å². The summed E-state index contributed by atoms with van der Waals surface area (Å²) in [5.41, 5.74) is 0. The Balaban J connectivity index is 2.88. The summed E-state index contributed by atoms with van der Waals surface area (Å²) in [5.74, 6) is 0. The standard InChI is InChI=1S/C6H5.3C5H11.Sn/c1-2-4-6-5-3-1;3*1-3-5-4-2;/h1-5H;3*1,3-5H2,2H3;. The van der Waals surface area contributed by atoms with E-state index in [-0.39, 0.29) is 0 Å². The van der Waals surface area contributed by atoms with Crippen LogP contribution in [0.15, 0.2) is 30.3 Å². The van der Waals surface area contributed by atoms with Crippen LogP contribution in [-0.4, -0.2) is 18.4 Å². The molecule has 0 fully saturated rings. The van der Waals surface area contributed by atoms with E-state index in [4.69, 9.17) is 0 Å². The Hall–Kier alpha value is 0.0187. The Kier molecular flexibility index (Phi) is 11.3. The van der Waals surface area contributed by atoms with Gasteiger partial charge in [-0.1, -0.05) is 0 Å². The van der Waals surface area contributed by atoms with Crippen LogP contribution in [0.25, 0.3) is 0 Å². The first-order valence-corrected chi connectivity index (χ1v) is 17.3. The molecule has 0 atom stereocenters. The molecule has 0 unspecified atom stereocenters. The van der Waals surface area contributed by atoms with Crippen LogP contribution >= 0.6 is 0 Å². The van der Waals surface area contributed by atoms with Crippen LogP contribution in [0.5, 0.6) is 0 Å². The zero-order valence-corrected chi connectivity index (χ0v) is 18.2. The summed E-state index contributed by atoms with van der Waals surface area (Å²) >= 11 is -2.17. The normalized spacial score (nSPS) is 11.8. The molecule has 0 saturated heterocycles. The van der Waals surface area contributed by atoms with Gasteiger partial charge in [-0.2, -0.15) is 0 Å². The van der Waals surface area contributed by atoms with E-state index in [0.29, 0.717) is 0 Å². The minimum atomic E-state index is -2.17. The number of rotatable bonds is 13. The van der Waals surface area contributed by atoms with Crippen molar-refractivity contribution in [2.45, 2.75) is 91.9 Å². The van der Waals surface area contributed by atoms with Gasteiger partial charge in [-0.05, 0) is 0 Å². The van der Waals surface area contributed by atoms with Crippen molar-refractivity contribution in [3.63, 3.8) is 0 Å². The van der Waals surface area contributed by atoms with Gasteiger partial charge in [0.1, 0.15) is 0 Å². The van der Waals surface area contributed by atoms with E-state index in [0.717, 1.165) is 0 Å². The molecule has 1 aromatic rings. The van der Waals surface area contributed by atoms with E-state index in [9.17, 15) is 0 Å². The fourth-order valence-corrected chi connectivity index (χ4v) is 18.9. The van der Waals surface area contributed by atoms with E-state index in [1.807, 2.05) is 3.58 Å². The van der Waals surface area contributed by atoms with Crippen LogP contribution in [0.1, 0.15) is 78.6 Å². The Morgan fingerprint density at radius 3 is 1.36 bits per heavy atom. The summed E-state index contributed by atoms with van der Waals surface area (Å²) in [6.45, 7) is 7.02. The van der Waals surface area contributed by atoms with Crippen molar-refractivity contribution in [1.29, 1.82) is 0 Å². The molecule has 0 saturated carbocycles. The van der Waals surface area contributed by atoms with E-state index in [2.05, 4.69) is 51.1 Å². The average Bonchev–Trinajstić information content (AvgIpc) is 2.56. The van der Waals surface area contributed by atoms with Gasteiger partial charge in [-0.15, -0.1) is 0 Å². The van der Waals surface area contributed by atoms with E-state index in [1.54, 1.807) is 13.3 Å². The molecule has 1 aromatic carbocycles. The molecule has 0 N–H and O–H groups in total. The zero-order valence-electron chi connectivity index (χ0n) is 15.4. The fourth-order valence-electron chi connectivity index (χ4n) is 3.74. The minimum absolute atomic E-state index is 1.36. The fraction of sp³-hybridized carbons (Fsp3) is 0.714. The van der Waals surface area contributed by atoms with Gasteiger partial charge in [0.2, 0.25) is 0 Å². The Labute approximate surface area is 144 Å². The van der Waals surface area contributed by atoms with Gasteiger partial charge in [-0.3, -0.25) is 0 Å². The summed E-state index contributed by atoms with van der Waals surface area (Å²) in [6.07, 6.45) is 12.9. The van der Waals surface area contributed by atoms with Gasteiger partial charge < -0.3 is 0 Å². The zero-order chi connectivity index (χ0) is 16.1. The second kappa shape index (κ2) is 12.4. The molecule has 0 aliphatic heterocycles. The van der Waals surface area contributed by atoms with E-state index in [1.165, 1.54) is 57.8 Å². The molecule has 0 aliphatic carbocycles. The van der Waals surface area contributed by atoms with Crippen LogP contribution in [0, 0.1) is 0 Å². The first kappa shape index (κ1) is 20.1. The summed E-state index contributed by atoms with van der Waals surface area (Å²) in [7, 11) is 0. The predicted molar refractivity (Wildman–Crippen MR) is 105 cm³/mol. The number of hydrogen-bond acceptors (Lipinski definition) is 0. The van der Waals surface area contributed by atoms with Gasteiger partial charge in [-0.25, -0.2) is 0 Å². The quantitative estimate of drug-likeness (QED) is 0.245. The molecule has 0 spiro atoms. The second-order valence-corrected chi connectivity index (χ2v) is 20.3. The molecule has 1 heteroatoms. The Bertz CT molecular complexity index is 331. The third-order valence-corrected chi connectivity index (χ3v) is 20.8. The first-order valence-electron chi connectivity index (χ1n) is 9.84. The molecule has 126 valence electrons. The topological polar surface area (TPSA) is 0 Å². The van der Waals surface area contributed by atoms with Crippen molar-refractivity contribution in [2.24, 2.45) is 0 Å². The number of hydrogen-bond donors (Lipinski definition) is 0. The van der Waals surface area contributed by atoms with Gasteiger partial charge in [0.25, 0.3) is 0 Å². The van der Waals surface area contributed by atoms with Gasteiger partial charge >= 0.3 is 144 Å². The van der Waals surface area contributed by atoms with Gasteiger partial charge in [0.05, 0.1) is 0 Å². The Morgan fingerprint density at radius 2 is 1.00 bits per heavy atom. The monoisotopic (exact) mass is 410 g/mol. The number of unbranched alkanes of at least 4 members (excludes halogenated alkanes) is 6. The average molecular weight is 409 g/mol. The molecule has 0 radical (unpaired) electrons. The predicted octanol–water partition coefficient (Wildman–Crippen LogP) is 6.91.